The average Bonchev–Trinajstić information content (AvgIpc) is 2.13. The molecule has 0 radical (unpaired) electrons. The lowest BCUT2D eigenvalue weighted by atomic mass is 9.85. The third-order valence-corrected chi connectivity index (χ3v) is 2.62. The normalized spacial score (nSPS) is 21.6. The molecule has 0 aromatic rings. The molecule has 0 aromatic heterocycles. The molecule has 0 amide bonds. The van der Waals surface area contributed by atoms with Crippen LogP contribution in [0, 0.1) is 11.8 Å². The van der Waals surface area contributed by atoms with Crippen LogP contribution < -0.4 is 0 Å². The molecule has 13 heavy (non-hydrogen) atoms. The molecule has 0 heterocycles. The molecule has 0 saturated heterocycles. The van der Waals surface area contributed by atoms with Crippen molar-refractivity contribution in [2.24, 2.45) is 11.8 Å². The van der Waals surface area contributed by atoms with E-state index in [2.05, 4.69) is 39.8 Å². The fourth-order valence-electron chi connectivity index (χ4n) is 1.41. The van der Waals surface area contributed by atoms with E-state index in [1.807, 2.05) is 13.8 Å². The van der Waals surface area contributed by atoms with Gasteiger partial charge in [-0.1, -0.05) is 57.9 Å². The summed E-state index contributed by atoms with van der Waals surface area (Å²) in [7, 11) is 0. The maximum atomic E-state index is 2.31. The van der Waals surface area contributed by atoms with Gasteiger partial charge in [-0.05, 0) is 25.2 Å². The van der Waals surface area contributed by atoms with E-state index in [9.17, 15) is 0 Å². The molecule has 0 aliphatic heterocycles. The van der Waals surface area contributed by atoms with Crippen LogP contribution in [0.2, 0.25) is 0 Å². The van der Waals surface area contributed by atoms with Gasteiger partial charge in [-0.25, -0.2) is 0 Å². The topological polar surface area (TPSA) is 0 Å². The predicted molar refractivity (Wildman–Crippen MR) is 61.8 cm³/mol. The maximum Gasteiger partial charge on any atom is -0.0194 e. The third-order valence-electron chi connectivity index (χ3n) is 2.62. The maximum absolute atomic E-state index is 2.31. The minimum Gasteiger partial charge on any atom is -0.0702 e. The zero-order valence-electron chi connectivity index (χ0n) is 10.0. The van der Waals surface area contributed by atoms with E-state index in [1.54, 1.807) is 5.57 Å². The van der Waals surface area contributed by atoms with E-state index in [4.69, 9.17) is 0 Å². The molecule has 0 bridgehead atoms. The summed E-state index contributed by atoms with van der Waals surface area (Å²) in [5, 5.41) is 0. The Morgan fingerprint density at radius 1 is 1.23 bits per heavy atom. The second-order valence-corrected chi connectivity index (χ2v) is 3.91. The Labute approximate surface area is 83.7 Å². The van der Waals surface area contributed by atoms with Crippen LogP contribution >= 0.6 is 0 Å². The molecule has 0 spiro atoms. The Balaban J connectivity index is 0.000000671. The van der Waals surface area contributed by atoms with Gasteiger partial charge < -0.3 is 0 Å². The highest BCUT2D eigenvalue weighted by Gasteiger charge is 2.13. The van der Waals surface area contributed by atoms with Gasteiger partial charge in [-0.15, -0.1) is 0 Å². The first-order chi connectivity index (χ1) is 6.11. The average molecular weight is 180 g/mol. The van der Waals surface area contributed by atoms with Gasteiger partial charge in [-0.3, -0.25) is 0 Å². The summed E-state index contributed by atoms with van der Waals surface area (Å²) in [5.74, 6) is 1.49. The van der Waals surface area contributed by atoms with E-state index < -0.39 is 0 Å². The van der Waals surface area contributed by atoms with Gasteiger partial charge in [0.05, 0.1) is 0 Å². The zero-order chi connectivity index (χ0) is 10.4. The van der Waals surface area contributed by atoms with Crippen LogP contribution in [0.15, 0.2) is 23.3 Å². The van der Waals surface area contributed by atoms with Crippen molar-refractivity contribution in [3.8, 4) is 0 Å². The van der Waals surface area contributed by atoms with Crippen LogP contribution in [-0.4, -0.2) is 0 Å². The van der Waals surface area contributed by atoms with Crippen molar-refractivity contribution < 1.29 is 0 Å². The van der Waals surface area contributed by atoms with Gasteiger partial charge >= 0.3 is 0 Å². The van der Waals surface area contributed by atoms with Gasteiger partial charge in [0.2, 0.25) is 0 Å². The van der Waals surface area contributed by atoms with Crippen LogP contribution in [0.1, 0.15) is 48.0 Å². The van der Waals surface area contributed by atoms with Crippen molar-refractivity contribution in [1.29, 1.82) is 0 Å². The fraction of sp³-hybridized carbons (Fsp3) is 0.692. The second kappa shape index (κ2) is 6.01. The summed E-state index contributed by atoms with van der Waals surface area (Å²) < 4.78 is 0. The SMILES string of the molecule is CC.CC1=CC=C(C(C)C)CC1C. The summed E-state index contributed by atoms with van der Waals surface area (Å²) in [6.07, 6.45) is 5.82. The Bertz CT molecular complexity index is 194. The summed E-state index contributed by atoms with van der Waals surface area (Å²) in [6, 6.07) is 0. The van der Waals surface area contributed by atoms with Gasteiger partial charge in [0.1, 0.15) is 0 Å². The summed E-state index contributed by atoms with van der Waals surface area (Å²) in [6.45, 7) is 13.1. The number of hydrogen-bond acceptors (Lipinski definition) is 0. The highest BCUT2D eigenvalue weighted by atomic mass is 14.2. The first-order valence-corrected chi connectivity index (χ1v) is 5.48. The van der Waals surface area contributed by atoms with Crippen LogP contribution in [0.25, 0.3) is 0 Å². The van der Waals surface area contributed by atoms with Crippen molar-refractivity contribution in [2.75, 3.05) is 0 Å². The Hall–Kier alpha value is -0.520. The quantitative estimate of drug-likeness (QED) is 0.554. The van der Waals surface area contributed by atoms with Gasteiger partial charge in [0, 0.05) is 0 Å². The predicted octanol–water partition coefficient (Wildman–Crippen LogP) is 4.58. The number of allylic oxidation sites excluding steroid dienone is 4. The molecule has 0 fully saturated rings. The zero-order valence-corrected chi connectivity index (χ0v) is 10.0. The Morgan fingerprint density at radius 2 is 1.77 bits per heavy atom. The first-order valence-electron chi connectivity index (χ1n) is 5.48. The third kappa shape index (κ3) is 3.80. The standard InChI is InChI=1S/C11H18.C2H6/c1-8(2)11-6-5-9(3)10(4)7-11;1-2/h5-6,8,10H,7H2,1-4H3;1-2H3. The van der Waals surface area contributed by atoms with Crippen LogP contribution in [0.3, 0.4) is 0 Å². The van der Waals surface area contributed by atoms with E-state index in [0.29, 0.717) is 0 Å². The molecule has 0 nitrogen and oxygen atoms in total. The minimum absolute atomic E-state index is 0.724. The largest absolute Gasteiger partial charge is 0.0702 e. The lowest BCUT2D eigenvalue weighted by Crippen LogP contribution is -2.06. The highest BCUT2D eigenvalue weighted by molar-refractivity contribution is 5.25. The molecular formula is C13H24. The minimum atomic E-state index is 0.724. The van der Waals surface area contributed by atoms with Crippen molar-refractivity contribution in [3.05, 3.63) is 23.3 Å². The first kappa shape index (κ1) is 12.5. The van der Waals surface area contributed by atoms with Crippen molar-refractivity contribution in [2.45, 2.75) is 48.0 Å². The number of rotatable bonds is 1. The van der Waals surface area contributed by atoms with Crippen LogP contribution in [0.4, 0.5) is 0 Å². The van der Waals surface area contributed by atoms with E-state index in [1.165, 1.54) is 12.0 Å². The molecular weight excluding hydrogens is 156 g/mol. The van der Waals surface area contributed by atoms with E-state index in [0.717, 1.165) is 11.8 Å². The lowest BCUT2D eigenvalue weighted by molar-refractivity contribution is 0.598. The molecule has 0 saturated carbocycles. The van der Waals surface area contributed by atoms with Crippen molar-refractivity contribution in [1.82, 2.24) is 0 Å². The Morgan fingerprint density at radius 3 is 2.15 bits per heavy atom. The summed E-state index contributed by atoms with van der Waals surface area (Å²) >= 11 is 0. The monoisotopic (exact) mass is 180 g/mol. The molecule has 0 N–H and O–H groups in total. The molecule has 0 heteroatoms. The van der Waals surface area contributed by atoms with Gasteiger partial charge in [0.25, 0.3) is 0 Å². The molecule has 1 aliphatic rings. The summed E-state index contributed by atoms with van der Waals surface area (Å²) in [5.41, 5.74) is 3.12. The lowest BCUT2D eigenvalue weighted by Gasteiger charge is -2.21. The molecule has 1 unspecified atom stereocenters. The van der Waals surface area contributed by atoms with Crippen LogP contribution in [-0.2, 0) is 0 Å². The fourth-order valence-corrected chi connectivity index (χ4v) is 1.41. The highest BCUT2D eigenvalue weighted by Crippen LogP contribution is 2.28. The van der Waals surface area contributed by atoms with E-state index in [-0.39, 0.29) is 0 Å². The molecule has 76 valence electrons. The molecule has 1 aliphatic carbocycles. The molecule has 1 atom stereocenters. The molecule has 0 aromatic carbocycles. The van der Waals surface area contributed by atoms with Crippen LogP contribution in [0.5, 0.6) is 0 Å². The summed E-state index contributed by atoms with van der Waals surface area (Å²) in [4.78, 5) is 0. The van der Waals surface area contributed by atoms with Gasteiger partial charge in [0.15, 0.2) is 0 Å². The number of hydrogen-bond donors (Lipinski definition) is 0. The Kier molecular flexibility index (Phi) is 5.77. The van der Waals surface area contributed by atoms with Crippen molar-refractivity contribution >= 4 is 0 Å². The van der Waals surface area contributed by atoms with Crippen molar-refractivity contribution in [3.63, 3.8) is 0 Å². The smallest absolute Gasteiger partial charge is 0.0194 e. The molecule has 1 rings (SSSR count). The van der Waals surface area contributed by atoms with Gasteiger partial charge in [-0.2, -0.15) is 0 Å². The second-order valence-electron chi connectivity index (χ2n) is 3.91. The van der Waals surface area contributed by atoms with E-state index >= 15 is 0 Å².